The molecule has 6 aliphatic heterocycles. The Labute approximate surface area is 528 Å². The zero-order valence-corrected chi connectivity index (χ0v) is 49.1. The van der Waals surface area contributed by atoms with Crippen molar-refractivity contribution in [3.63, 3.8) is 0 Å². The molecule has 6 aliphatic rings. The van der Waals surface area contributed by atoms with Crippen LogP contribution in [0.1, 0.15) is 68.5 Å². The maximum Gasteiger partial charge on any atom is 0.364 e. The highest BCUT2D eigenvalue weighted by molar-refractivity contribution is 6.05. The van der Waals surface area contributed by atoms with Crippen LogP contribution >= 0.6 is 0 Å². The van der Waals surface area contributed by atoms with Gasteiger partial charge in [-0.2, -0.15) is 0 Å². The fraction of sp³-hybridized carbons (Fsp3) is 0.358. The quantitative estimate of drug-likeness (QED) is 0.0738. The van der Waals surface area contributed by atoms with E-state index in [-0.39, 0.29) is 22.7 Å². The minimum atomic E-state index is -1.67. The molecule has 26 nitrogen and oxygen atoms in total. The number of nitrogens with zero attached hydrogens (tertiary/aromatic N) is 2. The van der Waals surface area contributed by atoms with Crippen LogP contribution in [0.2, 0.25) is 0 Å². The molecule has 4 aromatic carbocycles. The van der Waals surface area contributed by atoms with Crippen molar-refractivity contribution in [1.82, 2.24) is 19.9 Å². The lowest BCUT2D eigenvalue weighted by Crippen LogP contribution is -2.55. The van der Waals surface area contributed by atoms with Crippen LogP contribution in [-0.4, -0.2) is 232 Å². The normalized spacial score (nSPS) is 32.2. The molecule has 0 saturated carbocycles. The molecule has 0 aliphatic carbocycles. The fourth-order valence-corrected chi connectivity index (χ4v) is 13.1. The van der Waals surface area contributed by atoms with Gasteiger partial charge in [-0.3, -0.25) is 0 Å². The summed E-state index contributed by atoms with van der Waals surface area (Å²) >= 11 is 0. The van der Waals surface area contributed by atoms with E-state index in [1.807, 2.05) is 0 Å². The van der Waals surface area contributed by atoms with Crippen molar-refractivity contribution < 1.29 is 110 Å². The van der Waals surface area contributed by atoms with Gasteiger partial charge in [-0.15, -0.1) is 0 Å². The first kappa shape index (κ1) is 64.1. The second-order valence-electron chi connectivity index (χ2n) is 23.9. The number of aliphatic hydroxyl groups is 16. The number of rotatable bonds is 12. The van der Waals surface area contributed by atoms with Crippen LogP contribution < -0.4 is 4.74 Å². The Morgan fingerprint density at radius 2 is 0.591 bits per heavy atom. The average Bonchev–Trinajstić information content (AvgIpc) is 1.55. The van der Waals surface area contributed by atoms with Gasteiger partial charge >= 0.3 is 5.97 Å². The van der Waals surface area contributed by atoms with Crippen LogP contribution in [0.4, 0.5) is 0 Å². The number of carbonyl (C=O) groups is 1. The minimum absolute atomic E-state index is 0.191. The minimum Gasteiger partial charge on any atom is -0.402 e. The van der Waals surface area contributed by atoms with Crippen molar-refractivity contribution in [3.8, 4) is 50.4 Å². The van der Waals surface area contributed by atoms with Crippen LogP contribution in [0.15, 0.2) is 121 Å². The standard InChI is InChI=1S/C67H68N4O22/c72-23-41-50(76)54(80)58(84)62(89-41)31-9-1-27(2-10-31)45-35-17-18-36(68-35)46(28-3-11-32(12-4-28)63-59(85)55(81)51(77)42(24-73)90-63)38-20-22-40(70-38)48(30-7-15-34(16-8-30)65-61(87)57(83)53(79)44(26-75)92-65)66-71-49(67(88)93-66)47(39-21-19-37(45)69-39)29-5-13-33(14-6-29)64-60(86)56(82)52(78)43(25-74)91-64/h1-22,41-44,50-65,69-70,72-87H,23-26H2/t41-,42-,43-,44-,50-,51-,52-,53-,54+,55+,56+,57+,58-,59-,60-,61-,62+,63+,64+,65+/m1/s1. The van der Waals surface area contributed by atoms with E-state index in [9.17, 15) is 86.5 Å². The molecular formula is C67H68N4O22. The maximum atomic E-state index is 14.9. The Bertz CT molecular complexity index is 4080. The summed E-state index contributed by atoms with van der Waals surface area (Å²) in [6.45, 7) is -2.60. The first-order chi connectivity index (χ1) is 44.8. The van der Waals surface area contributed by atoms with Crippen molar-refractivity contribution in [2.45, 2.75) is 122 Å². The summed E-state index contributed by atoms with van der Waals surface area (Å²) in [5, 5.41) is 170. The zero-order chi connectivity index (χ0) is 65.4. The number of hydrogen-bond donors (Lipinski definition) is 18. The third-order valence-corrected chi connectivity index (χ3v) is 18.3. The number of ether oxygens (including phenoxy) is 5. The third-order valence-electron chi connectivity index (χ3n) is 18.3. The average molecular weight is 1280 g/mol. The number of fused-ring (bicyclic) bond motifs is 8. The van der Waals surface area contributed by atoms with Crippen LogP contribution in [0, 0.1) is 0 Å². The molecule has 20 atom stereocenters. The van der Waals surface area contributed by atoms with E-state index in [2.05, 4.69) is 9.97 Å². The van der Waals surface area contributed by atoms with Crippen molar-refractivity contribution >= 4 is 40.2 Å². The Hall–Kier alpha value is -7.59. The summed E-state index contributed by atoms with van der Waals surface area (Å²) in [6, 6.07) is 33.4. The number of benzene rings is 4. The molecule has 4 fully saturated rings. The molecule has 3 aromatic heterocycles. The lowest BCUT2D eigenvalue weighted by atomic mass is 9.90. The van der Waals surface area contributed by atoms with Gasteiger partial charge in [0, 0.05) is 33.2 Å². The topological polar surface area (TPSA) is 444 Å². The predicted molar refractivity (Wildman–Crippen MR) is 328 cm³/mol. The van der Waals surface area contributed by atoms with Crippen LogP contribution in [0.25, 0.3) is 78.7 Å². The second-order valence-corrected chi connectivity index (χ2v) is 23.9. The molecule has 0 radical (unpaired) electrons. The molecule has 488 valence electrons. The van der Waals surface area contributed by atoms with E-state index in [1.54, 1.807) is 133 Å². The number of esters is 1. The lowest BCUT2D eigenvalue weighted by Gasteiger charge is -2.40. The number of carbonyl (C=O) groups excluding carboxylic acids is 1. The van der Waals surface area contributed by atoms with Crippen molar-refractivity contribution in [2.24, 2.45) is 0 Å². The van der Waals surface area contributed by atoms with E-state index >= 15 is 0 Å². The second kappa shape index (κ2) is 26.0. The molecule has 13 rings (SSSR count). The van der Waals surface area contributed by atoms with Gasteiger partial charge in [0.1, 0.15) is 122 Å². The summed E-state index contributed by atoms with van der Waals surface area (Å²) in [7, 11) is 0. The molecular weight excluding hydrogens is 1210 g/mol. The Balaban J connectivity index is 1.04. The number of nitrogens with one attached hydrogen (secondary N) is 2. The zero-order valence-electron chi connectivity index (χ0n) is 49.1. The van der Waals surface area contributed by atoms with Gasteiger partial charge < -0.3 is 115 Å². The monoisotopic (exact) mass is 1280 g/mol. The van der Waals surface area contributed by atoms with Gasteiger partial charge in [0.05, 0.1) is 48.9 Å². The van der Waals surface area contributed by atoms with Gasteiger partial charge in [-0.1, -0.05) is 97.1 Å². The molecule has 8 bridgehead atoms. The first-order valence-electron chi connectivity index (χ1n) is 30.1. The van der Waals surface area contributed by atoms with Crippen molar-refractivity contribution in [2.75, 3.05) is 26.4 Å². The Kier molecular flexibility index (Phi) is 17.9. The summed E-state index contributed by atoms with van der Waals surface area (Å²) in [6.07, 6.45) is -25.3. The highest BCUT2D eigenvalue weighted by Gasteiger charge is 2.48. The summed E-state index contributed by atoms with van der Waals surface area (Å²) in [5.74, 6) is -1.09. The van der Waals surface area contributed by atoms with Gasteiger partial charge in [0.25, 0.3) is 0 Å². The predicted octanol–water partition coefficient (Wildman–Crippen LogP) is 0.432. The smallest absolute Gasteiger partial charge is 0.364 e. The molecule has 7 aromatic rings. The molecule has 9 heterocycles. The largest absolute Gasteiger partial charge is 0.402 e. The Morgan fingerprint density at radius 1 is 0.323 bits per heavy atom. The van der Waals surface area contributed by atoms with Crippen molar-refractivity contribution in [1.29, 1.82) is 0 Å². The van der Waals surface area contributed by atoms with Crippen molar-refractivity contribution in [3.05, 3.63) is 161 Å². The number of aromatic nitrogens is 4. The highest BCUT2D eigenvalue weighted by Crippen LogP contribution is 2.44. The molecule has 0 spiro atoms. The molecule has 4 saturated heterocycles. The van der Waals surface area contributed by atoms with Crippen LogP contribution in [0.5, 0.6) is 5.88 Å². The SMILES string of the molecule is O=C1Oc2nc1c(-c1ccc([C@@H]3O[C@H](CO)[C@@H](O)[C@H](O)[C@H]3O)cc1)c1ccc([nH]1)c(-c1ccc([C@@H]3O[C@H](CO)[C@@H](O)[C@H](O)[C@H]3O)cc1)c1nc(c(-c3ccc([C@@H]4O[C@H](CO)[C@@H](O)[C@H](O)[C@H]4O)cc3)c3ccc([nH]3)c2-c2ccc([C@@H]3O[C@H](CO)[C@@H](O)[C@H](O)[C@H]3O)cc2)C=C1. The van der Waals surface area contributed by atoms with Gasteiger partial charge in [-0.25, -0.2) is 14.8 Å². The lowest BCUT2D eigenvalue weighted by molar-refractivity contribution is -0.231. The summed E-state index contributed by atoms with van der Waals surface area (Å²) in [5.41, 5.74) is 6.94. The van der Waals surface area contributed by atoms with Crippen LogP contribution in [0.3, 0.4) is 0 Å². The molecule has 0 unspecified atom stereocenters. The third kappa shape index (κ3) is 11.5. The molecule has 26 heteroatoms. The van der Waals surface area contributed by atoms with Crippen LogP contribution in [-0.2, 0) is 18.9 Å². The van der Waals surface area contributed by atoms with E-state index < -0.39 is 154 Å². The number of aromatic amines is 2. The van der Waals surface area contributed by atoms with Gasteiger partial charge in [-0.05, 0) is 80.9 Å². The number of hydrogen-bond acceptors (Lipinski definition) is 24. The first-order valence-corrected chi connectivity index (χ1v) is 30.1. The fourth-order valence-electron chi connectivity index (χ4n) is 13.1. The van der Waals surface area contributed by atoms with Gasteiger partial charge in [0.15, 0.2) is 5.69 Å². The molecule has 0 amide bonds. The molecule has 93 heavy (non-hydrogen) atoms. The highest BCUT2D eigenvalue weighted by atomic mass is 16.6. The number of aliphatic hydroxyl groups excluding tert-OH is 16. The summed E-state index contributed by atoms with van der Waals surface area (Å²) < 4.78 is 29.8. The maximum absolute atomic E-state index is 14.9. The van der Waals surface area contributed by atoms with E-state index in [4.69, 9.17) is 33.7 Å². The van der Waals surface area contributed by atoms with E-state index in [0.717, 1.165) is 0 Å². The molecule has 18 N–H and O–H groups in total. The van der Waals surface area contributed by atoms with Gasteiger partial charge in [0.2, 0.25) is 5.88 Å². The van der Waals surface area contributed by atoms with E-state index in [0.29, 0.717) is 89.1 Å². The Morgan fingerprint density at radius 3 is 0.892 bits per heavy atom. The van der Waals surface area contributed by atoms with E-state index in [1.165, 1.54) is 0 Å². The summed E-state index contributed by atoms with van der Waals surface area (Å²) in [4.78, 5) is 32.3. The number of H-pyrrole nitrogens is 2.